The van der Waals surface area contributed by atoms with Crippen LogP contribution in [0, 0.1) is 0 Å². The highest BCUT2D eigenvalue weighted by Gasteiger charge is 2.15. The van der Waals surface area contributed by atoms with Crippen LogP contribution in [0.5, 0.6) is 0 Å². The molecule has 118 valence electrons. The van der Waals surface area contributed by atoms with Gasteiger partial charge < -0.3 is 11.1 Å². The first-order chi connectivity index (χ1) is 9.90. The van der Waals surface area contributed by atoms with Crippen molar-refractivity contribution in [3.8, 4) is 0 Å². The molecule has 0 saturated heterocycles. The fourth-order valence-corrected chi connectivity index (χ4v) is 2.07. The van der Waals surface area contributed by atoms with E-state index in [-0.39, 0.29) is 17.4 Å². The molecular formula is C14H24N4O3. The summed E-state index contributed by atoms with van der Waals surface area (Å²) in [5.41, 5.74) is 4.59. The first kappa shape index (κ1) is 17.0. The molecular weight excluding hydrogens is 272 g/mol. The predicted molar refractivity (Wildman–Crippen MR) is 83.3 cm³/mol. The lowest BCUT2D eigenvalue weighted by molar-refractivity contribution is -0.116. The number of anilines is 2. The lowest BCUT2D eigenvalue weighted by Gasteiger charge is -2.12. The van der Waals surface area contributed by atoms with Gasteiger partial charge in [-0.3, -0.25) is 18.7 Å². The van der Waals surface area contributed by atoms with Crippen LogP contribution in [0.3, 0.4) is 0 Å². The number of nitrogens with one attached hydrogen (secondary N) is 1. The van der Waals surface area contributed by atoms with E-state index in [4.69, 9.17) is 5.73 Å². The van der Waals surface area contributed by atoms with E-state index in [1.165, 1.54) is 14.1 Å². The van der Waals surface area contributed by atoms with E-state index in [1.54, 1.807) is 0 Å². The van der Waals surface area contributed by atoms with Gasteiger partial charge in [0, 0.05) is 20.5 Å². The molecule has 0 unspecified atom stereocenters. The van der Waals surface area contributed by atoms with Gasteiger partial charge in [-0.1, -0.05) is 32.6 Å². The van der Waals surface area contributed by atoms with Gasteiger partial charge in [0.1, 0.15) is 11.5 Å². The second kappa shape index (κ2) is 7.66. The summed E-state index contributed by atoms with van der Waals surface area (Å²) in [4.78, 5) is 35.5. The summed E-state index contributed by atoms with van der Waals surface area (Å²) in [5.74, 6) is -0.281. The average Bonchev–Trinajstić information content (AvgIpc) is 2.47. The second-order valence-corrected chi connectivity index (χ2v) is 5.18. The van der Waals surface area contributed by atoms with Crippen LogP contribution in [0.1, 0.15) is 45.4 Å². The largest absolute Gasteiger partial charge is 0.383 e. The quantitative estimate of drug-likeness (QED) is 0.732. The molecule has 0 bridgehead atoms. The van der Waals surface area contributed by atoms with Gasteiger partial charge in [0.2, 0.25) is 5.91 Å². The zero-order chi connectivity index (χ0) is 16.0. The first-order valence-corrected chi connectivity index (χ1v) is 7.25. The molecule has 3 N–H and O–H groups in total. The zero-order valence-electron chi connectivity index (χ0n) is 12.9. The SMILES string of the molecule is CCCCCCCC(=O)Nc1c(N)n(C)c(=O)n(C)c1=O. The molecule has 0 radical (unpaired) electrons. The molecule has 1 rings (SSSR count). The Morgan fingerprint density at radius 3 is 2.33 bits per heavy atom. The van der Waals surface area contributed by atoms with Crippen LogP contribution in [-0.4, -0.2) is 15.0 Å². The maximum atomic E-state index is 12.0. The van der Waals surface area contributed by atoms with E-state index in [0.29, 0.717) is 6.42 Å². The number of unbranched alkanes of at least 4 members (excludes halogenated alkanes) is 4. The van der Waals surface area contributed by atoms with E-state index < -0.39 is 11.2 Å². The lowest BCUT2D eigenvalue weighted by atomic mass is 10.1. The van der Waals surface area contributed by atoms with E-state index in [1.807, 2.05) is 0 Å². The number of rotatable bonds is 7. The highest BCUT2D eigenvalue weighted by atomic mass is 16.2. The molecule has 1 amide bonds. The highest BCUT2D eigenvalue weighted by molar-refractivity contribution is 5.92. The van der Waals surface area contributed by atoms with Crippen LogP contribution in [0.15, 0.2) is 9.59 Å². The molecule has 1 aromatic rings. The summed E-state index contributed by atoms with van der Waals surface area (Å²) < 4.78 is 2.06. The predicted octanol–water partition coefficient (Wildman–Crippen LogP) is 0.965. The van der Waals surface area contributed by atoms with Crippen LogP contribution in [0.4, 0.5) is 11.5 Å². The maximum Gasteiger partial charge on any atom is 0.332 e. The number of nitrogen functional groups attached to an aromatic ring is 1. The van der Waals surface area contributed by atoms with Crippen molar-refractivity contribution in [2.24, 2.45) is 14.1 Å². The van der Waals surface area contributed by atoms with E-state index in [0.717, 1.165) is 41.2 Å². The fraction of sp³-hybridized carbons (Fsp3) is 0.643. The minimum Gasteiger partial charge on any atom is -0.383 e. The maximum absolute atomic E-state index is 12.0. The summed E-state index contributed by atoms with van der Waals surface area (Å²) in [7, 11) is 2.81. The first-order valence-electron chi connectivity index (χ1n) is 7.25. The molecule has 7 heteroatoms. The molecule has 0 aliphatic heterocycles. The van der Waals surface area contributed by atoms with E-state index in [2.05, 4.69) is 12.2 Å². The summed E-state index contributed by atoms with van der Waals surface area (Å²) in [6.45, 7) is 2.13. The smallest absolute Gasteiger partial charge is 0.332 e. The monoisotopic (exact) mass is 296 g/mol. The number of hydrogen-bond acceptors (Lipinski definition) is 4. The topological polar surface area (TPSA) is 99.1 Å². The number of nitrogens with two attached hydrogens (primary N) is 1. The van der Waals surface area contributed by atoms with Gasteiger partial charge in [-0.2, -0.15) is 0 Å². The van der Waals surface area contributed by atoms with Gasteiger partial charge >= 0.3 is 5.69 Å². The Bertz CT molecular complexity index is 616. The van der Waals surface area contributed by atoms with Gasteiger partial charge in [0.15, 0.2) is 0 Å². The second-order valence-electron chi connectivity index (χ2n) is 5.18. The number of amides is 1. The van der Waals surface area contributed by atoms with Crippen LogP contribution in [0.2, 0.25) is 0 Å². The molecule has 0 spiro atoms. The Morgan fingerprint density at radius 1 is 1.10 bits per heavy atom. The van der Waals surface area contributed by atoms with Crippen LogP contribution in [0.25, 0.3) is 0 Å². The number of nitrogens with zero attached hydrogens (tertiary/aromatic N) is 2. The van der Waals surface area contributed by atoms with Gasteiger partial charge in [-0.05, 0) is 6.42 Å². The van der Waals surface area contributed by atoms with Gasteiger partial charge in [0.25, 0.3) is 5.56 Å². The Balaban J connectivity index is 2.73. The third-order valence-corrected chi connectivity index (χ3v) is 3.48. The molecule has 0 atom stereocenters. The molecule has 0 aliphatic rings. The normalized spacial score (nSPS) is 10.6. The Labute approximate surface area is 123 Å². The molecule has 21 heavy (non-hydrogen) atoms. The summed E-state index contributed by atoms with van der Waals surface area (Å²) in [6.07, 6.45) is 5.52. The number of aromatic nitrogens is 2. The van der Waals surface area contributed by atoms with Gasteiger partial charge in [0.05, 0.1) is 0 Å². The zero-order valence-corrected chi connectivity index (χ0v) is 12.9. The summed E-state index contributed by atoms with van der Waals surface area (Å²) in [6, 6.07) is 0. The fourth-order valence-electron chi connectivity index (χ4n) is 2.07. The van der Waals surface area contributed by atoms with Crippen molar-refractivity contribution in [3.05, 3.63) is 20.8 Å². The van der Waals surface area contributed by atoms with Crippen molar-refractivity contribution in [1.82, 2.24) is 9.13 Å². The van der Waals surface area contributed by atoms with E-state index >= 15 is 0 Å². The Morgan fingerprint density at radius 2 is 1.71 bits per heavy atom. The van der Waals surface area contributed by atoms with Crippen LogP contribution in [-0.2, 0) is 18.9 Å². The summed E-state index contributed by atoms with van der Waals surface area (Å²) in [5, 5.41) is 2.52. The van der Waals surface area contributed by atoms with Gasteiger partial charge in [-0.15, -0.1) is 0 Å². The minimum absolute atomic E-state index is 0.0255. The van der Waals surface area contributed by atoms with Crippen LogP contribution >= 0.6 is 0 Å². The molecule has 0 aromatic carbocycles. The van der Waals surface area contributed by atoms with Crippen molar-refractivity contribution in [2.45, 2.75) is 45.4 Å². The number of carbonyl (C=O) groups excluding carboxylic acids is 1. The minimum atomic E-state index is -0.588. The molecule has 0 fully saturated rings. The number of hydrogen-bond donors (Lipinski definition) is 2. The van der Waals surface area contributed by atoms with Crippen molar-refractivity contribution < 1.29 is 4.79 Å². The molecule has 0 aliphatic carbocycles. The molecule has 7 nitrogen and oxygen atoms in total. The third-order valence-electron chi connectivity index (χ3n) is 3.48. The summed E-state index contributed by atoms with van der Waals surface area (Å²) >= 11 is 0. The molecule has 1 aromatic heterocycles. The Hall–Kier alpha value is -2.05. The molecule has 0 saturated carbocycles. The molecule has 1 heterocycles. The Kier molecular flexibility index (Phi) is 6.20. The van der Waals surface area contributed by atoms with Crippen LogP contribution < -0.4 is 22.3 Å². The third kappa shape index (κ3) is 4.21. The van der Waals surface area contributed by atoms with Gasteiger partial charge in [-0.25, -0.2) is 4.79 Å². The van der Waals surface area contributed by atoms with Crippen molar-refractivity contribution in [2.75, 3.05) is 11.1 Å². The highest BCUT2D eigenvalue weighted by Crippen LogP contribution is 2.11. The van der Waals surface area contributed by atoms with Crippen molar-refractivity contribution in [3.63, 3.8) is 0 Å². The lowest BCUT2D eigenvalue weighted by Crippen LogP contribution is -2.40. The standard InChI is InChI=1S/C14H24N4O3/c1-4-5-6-7-8-9-10(19)16-11-12(15)17(2)14(21)18(3)13(11)20/h4-9,15H2,1-3H3,(H,16,19). The average molecular weight is 296 g/mol. The van der Waals surface area contributed by atoms with E-state index in [9.17, 15) is 14.4 Å². The number of carbonyl (C=O) groups is 1. The van der Waals surface area contributed by atoms with Crippen molar-refractivity contribution in [1.29, 1.82) is 0 Å². The van der Waals surface area contributed by atoms with Crippen molar-refractivity contribution >= 4 is 17.4 Å².